The van der Waals surface area contributed by atoms with E-state index in [2.05, 4.69) is 16.5 Å². The number of carbonyl (C=O) groups is 1. The van der Waals surface area contributed by atoms with E-state index in [0.717, 1.165) is 27.8 Å². The Morgan fingerprint density at radius 2 is 2.09 bits per heavy atom. The lowest BCUT2D eigenvalue weighted by Crippen LogP contribution is -2.39. The fraction of sp³-hybridized carbons (Fsp3) is 0.412. The SMILES string of the molecule is CC(C)(C)OC(=O)N1CCC=C(c2snc3ccccc23)C1. The molecule has 5 heteroatoms. The average Bonchev–Trinajstić information content (AvgIpc) is 2.89. The topological polar surface area (TPSA) is 42.4 Å². The van der Waals surface area contributed by atoms with E-state index in [9.17, 15) is 4.79 Å². The Morgan fingerprint density at radius 3 is 2.86 bits per heavy atom. The largest absolute Gasteiger partial charge is 0.444 e. The van der Waals surface area contributed by atoms with Crippen LogP contribution in [0.5, 0.6) is 0 Å². The lowest BCUT2D eigenvalue weighted by molar-refractivity contribution is 0.0273. The lowest BCUT2D eigenvalue weighted by Gasteiger charge is -2.30. The summed E-state index contributed by atoms with van der Waals surface area (Å²) in [5, 5.41) is 1.16. The van der Waals surface area contributed by atoms with Gasteiger partial charge in [0.05, 0.1) is 16.9 Å². The molecule has 0 saturated heterocycles. The molecule has 0 N–H and O–H groups in total. The second-order valence-corrected chi connectivity index (χ2v) is 7.22. The monoisotopic (exact) mass is 316 g/mol. The Kier molecular flexibility index (Phi) is 3.91. The summed E-state index contributed by atoms with van der Waals surface area (Å²) in [5.74, 6) is 0. The predicted molar refractivity (Wildman–Crippen MR) is 90.0 cm³/mol. The summed E-state index contributed by atoms with van der Waals surface area (Å²) in [6.45, 7) is 6.96. The maximum Gasteiger partial charge on any atom is 0.410 e. The van der Waals surface area contributed by atoms with Crippen molar-refractivity contribution in [3.63, 3.8) is 0 Å². The van der Waals surface area contributed by atoms with Gasteiger partial charge in [0.2, 0.25) is 0 Å². The number of ether oxygens (including phenoxy) is 1. The molecule has 1 aliphatic heterocycles. The highest BCUT2D eigenvalue weighted by Crippen LogP contribution is 2.31. The van der Waals surface area contributed by atoms with Gasteiger partial charge in [0.1, 0.15) is 5.60 Å². The molecular formula is C17H20N2O2S. The number of benzene rings is 1. The van der Waals surface area contributed by atoms with Crippen molar-refractivity contribution in [2.75, 3.05) is 13.1 Å². The van der Waals surface area contributed by atoms with E-state index in [0.29, 0.717) is 13.1 Å². The Bertz CT molecular complexity index is 728. The van der Waals surface area contributed by atoms with Gasteiger partial charge in [-0.1, -0.05) is 24.3 Å². The highest BCUT2D eigenvalue weighted by atomic mass is 32.1. The van der Waals surface area contributed by atoms with Crippen LogP contribution in [-0.2, 0) is 4.74 Å². The molecule has 0 atom stereocenters. The molecule has 1 amide bonds. The zero-order chi connectivity index (χ0) is 15.7. The summed E-state index contributed by atoms with van der Waals surface area (Å²) in [5.41, 5.74) is 1.71. The highest BCUT2D eigenvalue weighted by Gasteiger charge is 2.25. The summed E-state index contributed by atoms with van der Waals surface area (Å²) in [4.78, 5) is 15.2. The van der Waals surface area contributed by atoms with Crippen molar-refractivity contribution in [1.82, 2.24) is 9.27 Å². The van der Waals surface area contributed by atoms with Gasteiger partial charge in [-0.25, -0.2) is 4.79 Å². The molecule has 116 valence electrons. The zero-order valence-electron chi connectivity index (χ0n) is 13.1. The standard InChI is InChI=1S/C17H20N2O2S/c1-17(2,3)21-16(20)19-10-6-7-12(11-19)15-13-8-4-5-9-14(13)18-22-15/h4-5,7-9H,6,10-11H2,1-3H3. The summed E-state index contributed by atoms with van der Waals surface area (Å²) >= 11 is 1.50. The summed E-state index contributed by atoms with van der Waals surface area (Å²) in [6, 6.07) is 8.12. The van der Waals surface area contributed by atoms with Gasteiger partial charge in [-0.15, -0.1) is 0 Å². The number of amides is 1. The number of nitrogens with zero attached hydrogens (tertiary/aromatic N) is 2. The molecule has 3 rings (SSSR count). The summed E-state index contributed by atoms with van der Waals surface area (Å²) < 4.78 is 9.97. The first-order chi connectivity index (χ1) is 10.4. The minimum absolute atomic E-state index is 0.244. The molecule has 0 aliphatic carbocycles. The van der Waals surface area contributed by atoms with E-state index in [1.807, 2.05) is 39.0 Å². The molecule has 4 nitrogen and oxygen atoms in total. The Morgan fingerprint density at radius 1 is 1.32 bits per heavy atom. The van der Waals surface area contributed by atoms with Gasteiger partial charge < -0.3 is 9.64 Å². The number of rotatable bonds is 1. The van der Waals surface area contributed by atoms with Gasteiger partial charge in [-0.3, -0.25) is 0 Å². The van der Waals surface area contributed by atoms with Crippen molar-refractivity contribution >= 4 is 34.1 Å². The van der Waals surface area contributed by atoms with E-state index in [1.165, 1.54) is 11.5 Å². The van der Waals surface area contributed by atoms with Crippen molar-refractivity contribution in [3.05, 3.63) is 35.2 Å². The summed E-state index contributed by atoms with van der Waals surface area (Å²) in [7, 11) is 0. The van der Waals surface area contributed by atoms with Crippen LogP contribution in [0.25, 0.3) is 16.5 Å². The first-order valence-corrected chi connectivity index (χ1v) is 8.23. The summed E-state index contributed by atoms with van der Waals surface area (Å²) in [6.07, 6.45) is 2.81. The lowest BCUT2D eigenvalue weighted by atomic mass is 10.1. The van der Waals surface area contributed by atoms with Gasteiger partial charge in [0, 0.05) is 11.9 Å². The smallest absolute Gasteiger partial charge is 0.410 e. The van der Waals surface area contributed by atoms with Gasteiger partial charge >= 0.3 is 6.09 Å². The van der Waals surface area contributed by atoms with Crippen LogP contribution in [0, 0.1) is 0 Å². The minimum atomic E-state index is -0.463. The van der Waals surface area contributed by atoms with Crippen LogP contribution >= 0.6 is 11.5 Å². The van der Waals surface area contributed by atoms with Crippen LogP contribution in [0.3, 0.4) is 0 Å². The number of carbonyl (C=O) groups excluding carboxylic acids is 1. The van der Waals surface area contributed by atoms with E-state index in [1.54, 1.807) is 4.90 Å². The van der Waals surface area contributed by atoms with Crippen LogP contribution in [0.15, 0.2) is 30.3 Å². The quantitative estimate of drug-likeness (QED) is 0.787. The van der Waals surface area contributed by atoms with Crippen LogP contribution in [0.4, 0.5) is 4.79 Å². The predicted octanol–water partition coefficient (Wildman–Crippen LogP) is 4.32. The normalized spacial score (nSPS) is 15.8. The third-order valence-electron chi connectivity index (χ3n) is 3.48. The highest BCUT2D eigenvalue weighted by molar-refractivity contribution is 7.08. The number of fused-ring (bicyclic) bond motifs is 1. The first kappa shape index (κ1) is 15.0. The molecule has 0 radical (unpaired) electrons. The number of hydrogen-bond acceptors (Lipinski definition) is 4. The molecule has 0 saturated carbocycles. The molecule has 1 aromatic carbocycles. The fourth-order valence-electron chi connectivity index (χ4n) is 2.51. The minimum Gasteiger partial charge on any atom is -0.444 e. The molecule has 0 spiro atoms. The molecule has 0 bridgehead atoms. The maximum atomic E-state index is 12.3. The van der Waals surface area contributed by atoms with Crippen LogP contribution in [-0.4, -0.2) is 34.1 Å². The van der Waals surface area contributed by atoms with Gasteiger partial charge in [0.25, 0.3) is 0 Å². The number of hydrogen-bond donors (Lipinski definition) is 0. The third kappa shape index (κ3) is 3.14. The van der Waals surface area contributed by atoms with Crippen molar-refractivity contribution in [2.24, 2.45) is 0 Å². The molecular weight excluding hydrogens is 296 g/mol. The molecule has 1 aliphatic rings. The maximum absolute atomic E-state index is 12.3. The Labute approximate surface area is 134 Å². The number of aromatic nitrogens is 1. The molecule has 0 fully saturated rings. The van der Waals surface area contributed by atoms with Crippen molar-refractivity contribution in [3.8, 4) is 0 Å². The van der Waals surface area contributed by atoms with E-state index in [-0.39, 0.29) is 6.09 Å². The van der Waals surface area contributed by atoms with Crippen molar-refractivity contribution in [1.29, 1.82) is 0 Å². The van der Waals surface area contributed by atoms with Gasteiger partial charge in [-0.05, 0) is 50.4 Å². The van der Waals surface area contributed by atoms with Gasteiger partial charge in [-0.2, -0.15) is 4.37 Å². The van der Waals surface area contributed by atoms with Crippen LogP contribution < -0.4 is 0 Å². The van der Waals surface area contributed by atoms with E-state index in [4.69, 9.17) is 4.74 Å². The van der Waals surface area contributed by atoms with E-state index < -0.39 is 5.60 Å². The van der Waals surface area contributed by atoms with Crippen molar-refractivity contribution in [2.45, 2.75) is 32.8 Å². The van der Waals surface area contributed by atoms with Crippen LogP contribution in [0.1, 0.15) is 32.1 Å². The second-order valence-electron chi connectivity index (χ2n) is 6.45. The average molecular weight is 316 g/mol. The Balaban J connectivity index is 1.81. The molecule has 0 unspecified atom stereocenters. The fourth-order valence-corrected chi connectivity index (χ4v) is 3.40. The first-order valence-electron chi connectivity index (χ1n) is 7.46. The van der Waals surface area contributed by atoms with Crippen LogP contribution in [0.2, 0.25) is 0 Å². The van der Waals surface area contributed by atoms with E-state index >= 15 is 0 Å². The third-order valence-corrected chi connectivity index (χ3v) is 4.43. The molecule has 2 heterocycles. The second kappa shape index (κ2) is 5.72. The zero-order valence-corrected chi connectivity index (χ0v) is 13.9. The van der Waals surface area contributed by atoms with Crippen molar-refractivity contribution < 1.29 is 9.53 Å². The molecule has 22 heavy (non-hydrogen) atoms. The van der Waals surface area contributed by atoms with Gasteiger partial charge in [0.15, 0.2) is 0 Å². The molecule has 1 aromatic heterocycles. The Hall–Kier alpha value is -1.88. The molecule has 2 aromatic rings.